The zero-order chi connectivity index (χ0) is 7.58. The Morgan fingerprint density at radius 3 is 1.38 bits per heavy atom. The maximum absolute atomic E-state index is 9.00. The second-order valence-corrected chi connectivity index (χ2v) is 0.402. The molecule has 0 bridgehead atoms. The predicted molar refractivity (Wildman–Crippen MR) is 29.0 cm³/mol. The third-order valence-corrected chi connectivity index (χ3v) is 0. The monoisotopic (exact) mass is 122 g/mol. The van der Waals surface area contributed by atoms with Crippen LogP contribution in [-0.4, -0.2) is 25.0 Å². The number of hydrogen-bond acceptors (Lipinski definition) is 3. The van der Waals surface area contributed by atoms with E-state index in [4.69, 9.17) is 14.7 Å². The van der Waals surface area contributed by atoms with Crippen LogP contribution in [0.5, 0.6) is 0 Å². The minimum absolute atomic E-state index is 0.833. The van der Waals surface area contributed by atoms with Crippen molar-refractivity contribution in [1.29, 1.82) is 0 Å². The molecule has 5 nitrogen and oxygen atoms in total. The molecule has 0 spiro atoms. The van der Waals surface area contributed by atoms with Crippen molar-refractivity contribution in [1.82, 2.24) is 0 Å². The van der Waals surface area contributed by atoms with Crippen molar-refractivity contribution in [2.45, 2.75) is 0 Å². The average molecular weight is 122 g/mol. The number of urea groups is 1. The van der Waals surface area contributed by atoms with Crippen molar-refractivity contribution < 1.29 is 14.7 Å². The molecule has 0 atom stereocenters. The van der Waals surface area contributed by atoms with E-state index < -0.39 is 6.03 Å². The van der Waals surface area contributed by atoms with Crippen molar-refractivity contribution in [3.63, 3.8) is 0 Å². The van der Waals surface area contributed by atoms with Gasteiger partial charge in [-0.15, -0.1) is 0 Å². The van der Waals surface area contributed by atoms with Gasteiger partial charge in [-0.3, -0.25) is 0 Å². The molecule has 0 aliphatic carbocycles. The van der Waals surface area contributed by atoms with Gasteiger partial charge in [-0.2, -0.15) is 0 Å². The van der Waals surface area contributed by atoms with E-state index in [-0.39, 0.29) is 0 Å². The Morgan fingerprint density at radius 1 is 1.38 bits per heavy atom. The Hall–Kier alpha value is -1.10. The number of carbonyl (C=O) groups is 2. The normalized spacial score (nSPS) is 4.25. The number of primary amides is 2. The van der Waals surface area contributed by atoms with Gasteiger partial charge in [0.15, 0.2) is 0 Å². The first-order valence-electron chi connectivity index (χ1n) is 1.52. The number of carbonyl (C=O) groups excluding carboxylic acids is 2. The smallest absolute Gasteiger partial charge is 0.309 e. The molecule has 5 heteroatoms. The van der Waals surface area contributed by atoms with Crippen molar-refractivity contribution in [2.75, 3.05) is 7.11 Å². The topological polar surface area (TPSA) is 106 Å². The van der Waals surface area contributed by atoms with E-state index >= 15 is 0 Å². The lowest BCUT2D eigenvalue weighted by atomic mass is 11.2. The largest absolute Gasteiger partial charge is 0.400 e. The van der Waals surface area contributed by atoms with Gasteiger partial charge in [-0.25, -0.2) is 4.79 Å². The van der Waals surface area contributed by atoms with E-state index in [1.54, 1.807) is 0 Å². The molecule has 0 saturated heterocycles. The molecule has 0 radical (unpaired) electrons. The van der Waals surface area contributed by atoms with E-state index in [2.05, 4.69) is 11.5 Å². The Bertz CT molecular complexity index is 43.8. The molecule has 5 N–H and O–H groups in total. The van der Waals surface area contributed by atoms with Gasteiger partial charge in [0, 0.05) is 7.11 Å². The first-order valence-corrected chi connectivity index (χ1v) is 1.52. The quantitative estimate of drug-likeness (QED) is 0.362. The van der Waals surface area contributed by atoms with Crippen LogP contribution in [0.25, 0.3) is 0 Å². The molecule has 0 saturated carbocycles. The lowest BCUT2D eigenvalue weighted by molar-refractivity contribution is -0.0979. The first-order chi connectivity index (χ1) is 3.73. The van der Waals surface area contributed by atoms with Crippen LogP contribution in [0, 0.1) is 0 Å². The van der Waals surface area contributed by atoms with Gasteiger partial charge in [-0.1, -0.05) is 0 Å². The highest BCUT2D eigenvalue weighted by molar-refractivity contribution is 5.69. The highest BCUT2D eigenvalue weighted by Crippen LogP contribution is 1.25. The maximum atomic E-state index is 9.00. The van der Waals surface area contributed by atoms with Gasteiger partial charge in [0.05, 0.1) is 0 Å². The van der Waals surface area contributed by atoms with Crippen LogP contribution in [0.1, 0.15) is 0 Å². The van der Waals surface area contributed by atoms with E-state index in [9.17, 15) is 0 Å². The minimum Gasteiger partial charge on any atom is -0.400 e. The van der Waals surface area contributed by atoms with E-state index in [1.165, 1.54) is 0 Å². The van der Waals surface area contributed by atoms with Crippen LogP contribution in [-0.2, 0) is 4.79 Å². The van der Waals surface area contributed by atoms with E-state index in [0.717, 1.165) is 7.11 Å². The molecular formula is C3H10N2O3. The third kappa shape index (κ3) is 61.6. The average Bonchev–Trinajstić information content (AvgIpc) is 1.75. The number of nitrogens with two attached hydrogens (primary N) is 2. The summed E-state index contributed by atoms with van der Waals surface area (Å²) >= 11 is 0. The van der Waals surface area contributed by atoms with Crippen molar-refractivity contribution in [3.05, 3.63) is 0 Å². The molecular weight excluding hydrogens is 112 g/mol. The fraction of sp³-hybridized carbons (Fsp3) is 0.333. The summed E-state index contributed by atoms with van der Waals surface area (Å²) in [6.45, 7) is 2.00. The number of aliphatic hydroxyl groups excluding tert-OH is 1. The van der Waals surface area contributed by atoms with Crippen molar-refractivity contribution in [2.24, 2.45) is 11.5 Å². The lowest BCUT2D eigenvalue weighted by Gasteiger charge is -1.62. The Balaban J connectivity index is -0.0000000542. The summed E-state index contributed by atoms with van der Waals surface area (Å²) in [4.78, 5) is 17.0. The molecule has 8 heavy (non-hydrogen) atoms. The van der Waals surface area contributed by atoms with Gasteiger partial charge in [0.1, 0.15) is 6.79 Å². The van der Waals surface area contributed by atoms with Crippen LogP contribution in [0.3, 0.4) is 0 Å². The Morgan fingerprint density at radius 2 is 1.38 bits per heavy atom. The van der Waals surface area contributed by atoms with Crippen LogP contribution >= 0.6 is 0 Å². The van der Waals surface area contributed by atoms with Gasteiger partial charge < -0.3 is 21.4 Å². The highest BCUT2D eigenvalue weighted by atomic mass is 16.2. The minimum atomic E-state index is -0.833. The zero-order valence-corrected chi connectivity index (χ0v) is 4.63. The molecule has 0 unspecified atom stereocenters. The third-order valence-electron chi connectivity index (χ3n) is 0. The molecule has 0 rings (SSSR count). The molecule has 0 aromatic rings. The second-order valence-electron chi connectivity index (χ2n) is 0.402. The molecule has 0 aliphatic heterocycles. The summed E-state index contributed by atoms with van der Waals surface area (Å²) in [5.41, 5.74) is 8.50. The summed E-state index contributed by atoms with van der Waals surface area (Å²) in [6.07, 6.45) is 0. The summed E-state index contributed by atoms with van der Waals surface area (Å²) < 4.78 is 0. The predicted octanol–water partition coefficient (Wildman–Crippen LogP) is -1.55. The number of aliphatic hydroxyl groups is 1. The first kappa shape index (κ1) is 15.8. The fourth-order valence-corrected chi connectivity index (χ4v) is 0. The van der Waals surface area contributed by atoms with Crippen LogP contribution in [0.4, 0.5) is 4.79 Å². The Kier molecular flexibility index (Phi) is 77.5. The van der Waals surface area contributed by atoms with Crippen LogP contribution in [0.15, 0.2) is 0 Å². The SMILES string of the molecule is C=O.CO.NC(N)=O. The summed E-state index contributed by atoms with van der Waals surface area (Å²) in [6, 6.07) is -0.833. The molecule has 2 amide bonds. The van der Waals surface area contributed by atoms with Crippen LogP contribution < -0.4 is 11.5 Å². The van der Waals surface area contributed by atoms with E-state index in [1.807, 2.05) is 6.79 Å². The molecule has 0 heterocycles. The molecule has 0 aromatic heterocycles. The molecule has 0 aliphatic rings. The zero-order valence-electron chi connectivity index (χ0n) is 4.63. The number of amides is 2. The molecule has 0 fully saturated rings. The summed E-state index contributed by atoms with van der Waals surface area (Å²) in [5.74, 6) is 0. The van der Waals surface area contributed by atoms with Gasteiger partial charge in [0.2, 0.25) is 0 Å². The Labute approximate surface area is 47.3 Å². The number of rotatable bonds is 0. The van der Waals surface area contributed by atoms with Crippen molar-refractivity contribution >= 4 is 12.8 Å². The van der Waals surface area contributed by atoms with Gasteiger partial charge in [0.25, 0.3) is 0 Å². The van der Waals surface area contributed by atoms with Crippen molar-refractivity contribution in [3.8, 4) is 0 Å². The summed E-state index contributed by atoms with van der Waals surface area (Å²) in [5, 5.41) is 7.00. The summed E-state index contributed by atoms with van der Waals surface area (Å²) in [7, 11) is 1.00. The van der Waals surface area contributed by atoms with E-state index in [0.29, 0.717) is 0 Å². The highest BCUT2D eigenvalue weighted by Gasteiger charge is 1.60. The maximum Gasteiger partial charge on any atom is 0.309 e. The van der Waals surface area contributed by atoms with Gasteiger partial charge in [-0.05, 0) is 0 Å². The fourth-order valence-electron chi connectivity index (χ4n) is 0. The van der Waals surface area contributed by atoms with Crippen LogP contribution in [0.2, 0.25) is 0 Å². The molecule has 50 valence electrons. The standard InChI is InChI=1S/CH4N2O.CH4O.CH2O/c2-1(3)4;2*1-2/h(H4,2,3,4);2H,1H3;1H2. The lowest BCUT2D eigenvalue weighted by Crippen LogP contribution is -2.18. The molecule has 0 aromatic carbocycles. The van der Waals surface area contributed by atoms with Gasteiger partial charge >= 0.3 is 6.03 Å². The number of hydrogen-bond donors (Lipinski definition) is 3. The second kappa shape index (κ2) is 39.2.